The molecule has 4 heteroatoms. The molecule has 3 nitrogen and oxygen atoms in total. The van der Waals surface area contributed by atoms with Crippen molar-refractivity contribution in [1.82, 2.24) is 4.90 Å². The first-order valence-electron chi connectivity index (χ1n) is 8.98. The van der Waals surface area contributed by atoms with E-state index in [4.69, 9.17) is 0 Å². The summed E-state index contributed by atoms with van der Waals surface area (Å²) in [6, 6.07) is 12.1. The van der Waals surface area contributed by atoms with E-state index in [-0.39, 0.29) is 17.5 Å². The molecule has 134 valence electrons. The molecule has 1 unspecified atom stereocenters. The highest BCUT2D eigenvalue weighted by molar-refractivity contribution is 5.39. The Morgan fingerprint density at radius 2 is 1.80 bits per heavy atom. The standard InChI is InChI=1S/C21H26FNO2/c1-15-19(3-2-4-20(15)24)21(25)17-10-13-23(14-11-17)12-9-16-5-7-18(22)8-6-16/h2-8,17,21,24-25H,9-14H2,1H3. The Morgan fingerprint density at radius 3 is 2.48 bits per heavy atom. The second-order valence-electron chi connectivity index (χ2n) is 6.99. The minimum atomic E-state index is -0.522. The highest BCUT2D eigenvalue weighted by Gasteiger charge is 2.27. The van der Waals surface area contributed by atoms with Crippen molar-refractivity contribution in [2.75, 3.05) is 19.6 Å². The van der Waals surface area contributed by atoms with Gasteiger partial charge in [-0.2, -0.15) is 0 Å². The van der Waals surface area contributed by atoms with Crippen molar-refractivity contribution in [3.8, 4) is 5.75 Å². The molecule has 2 aromatic carbocycles. The van der Waals surface area contributed by atoms with Crippen molar-refractivity contribution in [1.29, 1.82) is 0 Å². The van der Waals surface area contributed by atoms with Gasteiger partial charge in [-0.25, -0.2) is 4.39 Å². The monoisotopic (exact) mass is 343 g/mol. The van der Waals surface area contributed by atoms with Crippen molar-refractivity contribution >= 4 is 0 Å². The summed E-state index contributed by atoms with van der Waals surface area (Å²) in [4.78, 5) is 2.40. The maximum Gasteiger partial charge on any atom is 0.123 e. The number of hydrogen-bond donors (Lipinski definition) is 2. The highest BCUT2D eigenvalue weighted by Crippen LogP contribution is 2.34. The van der Waals surface area contributed by atoms with Gasteiger partial charge >= 0.3 is 0 Å². The molecular weight excluding hydrogens is 317 g/mol. The highest BCUT2D eigenvalue weighted by atomic mass is 19.1. The van der Waals surface area contributed by atoms with E-state index in [1.807, 2.05) is 25.1 Å². The summed E-state index contributed by atoms with van der Waals surface area (Å²) in [5.41, 5.74) is 2.76. The van der Waals surface area contributed by atoms with Crippen LogP contribution in [0.4, 0.5) is 4.39 Å². The second-order valence-corrected chi connectivity index (χ2v) is 6.99. The molecule has 0 spiro atoms. The van der Waals surface area contributed by atoms with Crippen LogP contribution in [0, 0.1) is 18.7 Å². The molecule has 3 rings (SSSR count). The van der Waals surface area contributed by atoms with Crippen molar-refractivity contribution in [2.45, 2.75) is 32.3 Å². The van der Waals surface area contributed by atoms with E-state index in [1.165, 1.54) is 12.1 Å². The number of aromatic hydroxyl groups is 1. The van der Waals surface area contributed by atoms with E-state index in [2.05, 4.69) is 4.90 Å². The van der Waals surface area contributed by atoms with Crippen LogP contribution in [0.2, 0.25) is 0 Å². The smallest absolute Gasteiger partial charge is 0.123 e. The number of phenolic OH excluding ortho intramolecular Hbond substituents is 1. The van der Waals surface area contributed by atoms with Gasteiger partial charge in [0.15, 0.2) is 0 Å². The third-order valence-electron chi connectivity index (χ3n) is 5.37. The molecule has 2 N–H and O–H groups in total. The zero-order valence-electron chi connectivity index (χ0n) is 14.7. The summed E-state index contributed by atoms with van der Waals surface area (Å²) in [5.74, 6) is 0.275. The minimum Gasteiger partial charge on any atom is -0.508 e. The van der Waals surface area contributed by atoms with Gasteiger partial charge in [0.25, 0.3) is 0 Å². The van der Waals surface area contributed by atoms with Crippen LogP contribution in [-0.4, -0.2) is 34.7 Å². The summed E-state index contributed by atoms with van der Waals surface area (Å²) in [6.45, 7) is 4.73. The van der Waals surface area contributed by atoms with Crippen LogP contribution < -0.4 is 0 Å². The van der Waals surface area contributed by atoms with Crippen LogP contribution >= 0.6 is 0 Å². The number of benzene rings is 2. The number of aliphatic hydroxyl groups excluding tert-OH is 1. The Labute approximate surface area is 148 Å². The quantitative estimate of drug-likeness (QED) is 0.867. The van der Waals surface area contributed by atoms with E-state index in [0.717, 1.165) is 55.6 Å². The molecular formula is C21H26FNO2. The lowest BCUT2D eigenvalue weighted by Crippen LogP contribution is -2.37. The first kappa shape index (κ1) is 17.9. The third-order valence-corrected chi connectivity index (χ3v) is 5.37. The van der Waals surface area contributed by atoms with Crippen LogP contribution in [0.3, 0.4) is 0 Å². The predicted molar refractivity (Wildman–Crippen MR) is 97.1 cm³/mol. The van der Waals surface area contributed by atoms with E-state index in [1.54, 1.807) is 12.1 Å². The molecule has 1 saturated heterocycles. The van der Waals surface area contributed by atoms with Gasteiger partial charge in [0.05, 0.1) is 6.10 Å². The molecule has 1 aliphatic rings. The van der Waals surface area contributed by atoms with Crippen LogP contribution in [0.1, 0.15) is 35.6 Å². The number of piperidine rings is 1. The Kier molecular flexibility index (Phi) is 5.71. The maximum absolute atomic E-state index is 12.9. The third kappa shape index (κ3) is 4.39. The summed E-state index contributed by atoms with van der Waals surface area (Å²) in [5, 5.41) is 20.5. The summed E-state index contributed by atoms with van der Waals surface area (Å²) >= 11 is 0. The molecule has 2 aromatic rings. The second kappa shape index (κ2) is 7.98. The Bertz CT molecular complexity index is 694. The number of hydrogen-bond acceptors (Lipinski definition) is 3. The Morgan fingerprint density at radius 1 is 1.12 bits per heavy atom. The van der Waals surface area contributed by atoms with Gasteiger partial charge in [-0.1, -0.05) is 24.3 Å². The topological polar surface area (TPSA) is 43.7 Å². The largest absolute Gasteiger partial charge is 0.508 e. The number of halogens is 1. The SMILES string of the molecule is Cc1c(O)cccc1C(O)C1CCN(CCc2ccc(F)cc2)CC1. The molecule has 0 aliphatic carbocycles. The van der Waals surface area contributed by atoms with Gasteiger partial charge in [0, 0.05) is 6.54 Å². The molecule has 0 saturated carbocycles. The first-order chi connectivity index (χ1) is 12.0. The number of nitrogens with zero attached hydrogens (tertiary/aromatic N) is 1. The van der Waals surface area contributed by atoms with E-state index >= 15 is 0 Å². The first-order valence-corrected chi connectivity index (χ1v) is 8.98. The van der Waals surface area contributed by atoms with E-state index < -0.39 is 6.10 Å². The van der Waals surface area contributed by atoms with Crippen molar-refractivity contribution in [3.63, 3.8) is 0 Å². The minimum absolute atomic E-state index is 0.194. The van der Waals surface area contributed by atoms with Gasteiger partial charge in [-0.05, 0) is 80.1 Å². The zero-order valence-corrected chi connectivity index (χ0v) is 14.7. The Balaban J connectivity index is 1.51. The van der Waals surface area contributed by atoms with Crippen LogP contribution in [0.5, 0.6) is 5.75 Å². The normalized spacial score (nSPS) is 17.6. The average molecular weight is 343 g/mol. The van der Waals surface area contributed by atoms with Crippen LogP contribution in [0.15, 0.2) is 42.5 Å². The lowest BCUT2D eigenvalue weighted by atomic mass is 9.85. The number of likely N-dealkylation sites (tertiary alicyclic amines) is 1. The lowest BCUT2D eigenvalue weighted by molar-refractivity contribution is 0.0586. The molecule has 0 bridgehead atoms. The number of rotatable bonds is 5. The van der Waals surface area contributed by atoms with E-state index in [0.29, 0.717) is 0 Å². The molecule has 1 fully saturated rings. The maximum atomic E-state index is 12.9. The summed E-state index contributed by atoms with van der Waals surface area (Å²) in [6.07, 6.45) is 2.28. The zero-order chi connectivity index (χ0) is 17.8. The fraction of sp³-hybridized carbons (Fsp3) is 0.429. The fourth-order valence-electron chi connectivity index (χ4n) is 3.65. The van der Waals surface area contributed by atoms with Crippen LogP contribution in [-0.2, 0) is 6.42 Å². The Hall–Kier alpha value is -1.91. The molecule has 25 heavy (non-hydrogen) atoms. The van der Waals surface area contributed by atoms with Crippen LogP contribution in [0.25, 0.3) is 0 Å². The predicted octanol–water partition coefficient (Wildman–Crippen LogP) is 3.83. The van der Waals surface area contributed by atoms with Crippen molar-refractivity contribution in [3.05, 3.63) is 65.0 Å². The molecule has 0 aromatic heterocycles. The van der Waals surface area contributed by atoms with Gasteiger partial charge in [-0.3, -0.25) is 0 Å². The number of aliphatic hydroxyl groups is 1. The molecule has 1 atom stereocenters. The van der Waals surface area contributed by atoms with Crippen molar-refractivity contribution in [2.24, 2.45) is 5.92 Å². The van der Waals surface area contributed by atoms with Gasteiger partial charge in [-0.15, -0.1) is 0 Å². The average Bonchev–Trinajstić information content (AvgIpc) is 2.63. The van der Waals surface area contributed by atoms with E-state index in [9.17, 15) is 14.6 Å². The molecule has 0 radical (unpaired) electrons. The van der Waals surface area contributed by atoms with Gasteiger partial charge in [0.1, 0.15) is 11.6 Å². The summed E-state index contributed by atoms with van der Waals surface area (Å²) < 4.78 is 12.9. The number of phenols is 1. The molecule has 1 aliphatic heterocycles. The summed E-state index contributed by atoms with van der Waals surface area (Å²) in [7, 11) is 0. The lowest BCUT2D eigenvalue weighted by Gasteiger charge is -2.34. The molecule has 0 amide bonds. The molecule has 1 heterocycles. The van der Waals surface area contributed by atoms with Gasteiger partial charge in [0.2, 0.25) is 0 Å². The van der Waals surface area contributed by atoms with Gasteiger partial charge < -0.3 is 15.1 Å². The fourth-order valence-corrected chi connectivity index (χ4v) is 3.65. The van der Waals surface area contributed by atoms with Crippen molar-refractivity contribution < 1.29 is 14.6 Å².